The van der Waals surface area contributed by atoms with Crippen LogP contribution in [0.2, 0.25) is 0 Å². The van der Waals surface area contributed by atoms with E-state index in [1.807, 2.05) is 0 Å². The monoisotopic (exact) mass is 306 g/mol. The van der Waals surface area contributed by atoms with E-state index in [9.17, 15) is 14.4 Å². The molecule has 1 unspecified atom stereocenters. The number of thiophene rings is 1. The van der Waals surface area contributed by atoms with Gasteiger partial charge in [-0.25, -0.2) is 0 Å². The van der Waals surface area contributed by atoms with Gasteiger partial charge < -0.3 is 10.0 Å². The van der Waals surface area contributed by atoms with E-state index in [0.717, 1.165) is 0 Å². The number of piperazine rings is 1. The molecule has 2 rings (SSSR count). The van der Waals surface area contributed by atoms with E-state index >= 15 is 0 Å². The number of nitrogens with zero attached hydrogens (tertiary/aromatic N) is 1. The summed E-state index contributed by atoms with van der Waals surface area (Å²) in [6.07, 6.45) is 0.437. The summed E-state index contributed by atoms with van der Waals surface area (Å²) in [4.78, 5) is 37.6. The van der Waals surface area contributed by atoms with E-state index < -0.39 is 17.9 Å². The van der Waals surface area contributed by atoms with Crippen LogP contribution in [0.25, 0.3) is 0 Å². The standard InChI is InChI=1S/C14H14N2O4S/c1-2-11-13(19)15-12(18)7-16(11)14(20)9-6-10(21-8-9)4-3-5-17/h6,8,11,17H,2,5,7H2,1H3,(H,15,18,19). The minimum atomic E-state index is -0.637. The molecule has 1 atom stereocenters. The van der Waals surface area contributed by atoms with Crippen molar-refractivity contribution in [1.82, 2.24) is 10.2 Å². The molecule has 0 saturated carbocycles. The summed E-state index contributed by atoms with van der Waals surface area (Å²) in [5, 5.41) is 12.5. The molecule has 1 aromatic rings. The summed E-state index contributed by atoms with van der Waals surface area (Å²) in [5.41, 5.74) is 0.392. The number of hydrogen-bond donors (Lipinski definition) is 2. The van der Waals surface area contributed by atoms with Gasteiger partial charge in [0, 0.05) is 5.38 Å². The van der Waals surface area contributed by atoms with Crippen molar-refractivity contribution >= 4 is 29.1 Å². The Labute approximate surface area is 125 Å². The predicted molar refractivity (Wildman–Crippen MR) is 76.5 cm³/mol. The lowest BCUT2D eigenvalue weighted by atomic mass is 10.1. The molecule has 2 N–H and O–H groups in total. The summed E-state index contributed by atoms with van der Waals surface area (Å²) in [6.45, 7) is 1.41. The van der Waals surface area contributed by atoms with Crippen LogP contribution in [0.5, 0.6) is 0 Å². The van der Waals surface area contributed by atoms with Crippen molar-refractivity contribution in [2.24, 2.45) is 0 Å². The first kappa shape index (κ1) is 15.2. The Hall–Kier alpha value is -2.17. The van der Waals surface area contributed by atoms with E-state index in [-0.39, 0.29) is 19.1 Å². The van der Waals surface area contributed by atoms with Crippen LogP contribution in [0.3, 0.4) is 0 Å². The van der Waals surface area contributed by atoms with Gasteiger partial charge in [0.2, 0.25) is 11.8 Å². The van der Waals surface area contributed by atoms with Crippen LogP contribution in [0.1, 0.15) is 28.6 Å². The first-order valence-electron chi connectivity index (χ1n) is 6.39. The van der Waals surface area contributed by atoms with Crippen molar-refractivity contribution in [3.8, 4) is 11.8 Å². The molecule has 1 saturated heterocycles. The number of aliphatic hydroxyl groups is 1. The Morgan fingerprint density at radius 3 is 3.00 bits per heavy atom. The first-order valence-corrected chi connectivity index (χ1v) is 7.27. The third-order valence-electron chi connectivity index (χ3n) is 3.04. The van der Waals surface area contributed by atoms with Crippen LogP contribution in [-0.2, 0) is 9.59 Å². The van der Waals surface area contributed by atoms with E-state index in [1.165, 1.54) is 16.2 Å². The number of carbonyl (C=O) groups is 3. The van der Waals surface area contributed by atoms with E-state index in [0.29, 0.717) is 16.9 Å². The number of nitrogens with one attached hydrogen (secondary N) is 1. The predicted octanol–water partition coefficient (Wildman–Crippen LogP) is -0.0309. The maximum absolute atomic E-state index is 12.5. The van der Waals surface area contributed by atoms with Gasteiger partial charge in [0.1, 0.15) is 19.2 Å². The van der Waals surface area contributed by atoms with Gasteiger partial charge in [0.15, 0.2) is 0 Å². The molecule has 1 aliphatic heterocycles. The number of rotatable bonds is 2. The van der Waals surface area contributed by atoms with E-state index in [4.69, 9.17) is 5.11 Å². The fourth-order valence-corrected chi connectivity index (χ4v) is 2.84. The largest absolute Gasteiger partial charge is 0.384 e. The molecule has 110 valence electrons. The van der Waals surface area contributed by atoms with Crippen molar-refractivity contribution in [2.75, 3.05) is 13.2 Å². The van der Waals surface area contributed by atoms with Gasteiger partial charge in [-0.1, -0.05) is 18.8 Å². The zero-order chi connectivity index (χ0) is 15.4. The summed E-state index contributed by atoms with van der Waals surface area (Å²) in [7, 11) is 0. The highest BCUT2D eigenvalue weighted by atomic mass is 32.1. The molecule has 3 amide bonds. The summed E-state index contributed by atoms with van der Waals surface area (Å²) in [5.74, 6) is 3.93. The Morgan fingerprint density at radius 1 is 1.57 bits per heavy atom. The third-order valence-corrected chi connectivity index (χ3v) is 3.89. The van der Waals surface area contributed by atoms with Gasteiger partial charge in [-0.05, 0) is 12.5 Å². The number of hydrogen-bond acceptors (Lipinski definition) is 5. The quantitative estimate of drug-likeness (QED) is 0.593. The van der Waals surface area contributed by atoms with Crippen LogP contribution in [0.15, 0.2) is 11.4 Å². The normalized spacial score (nSPS) is 18.0. The highest BCUT2D eigenvalue weighted by Gasteiger charge is 2.36. The molecular weight excluding hydrogens is 292 g/mol. The van der Waals surface area contributed by atoms with Crippen molar-refractivity contribution in [3.63, 3.8) is 0 Å². The molecule has 0 aromatic carbocycles. The molecule has 2 heterocycles. The van der Waals surface area contributed by atoms with Crippen LogP contribution >= 0.6 is 11.3 Å². The minimum Gasteiger partial charge on any atom is -0.384 e. The number of amides is 3. The van der Waals surface area contributed by atoms with Gasteiger partial charge in [-0.15, -0.1) is 11.3 Å². The van der Waals surface area contributed by atoms with E-state index in [1.54, 1.807) is 18.4 Å². The highest BCUT2D eigenvalue weighted by Crippen LogP contribution is 2.19. The second-order valence-corrected chi connectivity index (χ2v) is 5.34. The zero-order valence-corrected chi connectivity index (χ0v) is 12.2. The Balaban J connectivity index is 2.23. The molecular formula is C14H14N2O4S. The van der Waals surface area contributed by atoms with Gasteiger partial charge in [-0.3, -0.25) is 19.7 Å². The van der Waals surface area contributed by atoms with Crippen LogP contribution in [0, 0.1) is 11.8 Å². The highest BCUT2D eigenvalue weighted by molar-refractivity contribution is 7.10. The fourth-order valence-electron chi connectivity index (χ4n) is 2.09. The van der Waals surface area contributed by atoms with Gasteiger partial charge >= 0.3 is 0 Å². The number of imide groups is 1. The second-order valence-electron chi connectivity index (χ2n) is 4.43. The topological polar surface area (TPSA) is 86.7 Å². The molecule has 21 heavy (non-hydrogen) atoms. The molecule has 1 aliphatic rings. The second kappa shape index (κ2) is 6.52. The Morgan fingerprint density at radius 2 is 2.33 bits per heavy atom. The lowest BCUT2D eigenvalue weighted by molar-refractivity contribution is -0.138. The fraction of sp³-hybridized carbons (Fsp3) is 0.357. The van der Waals surface area contributed by atoms with Crippen LogP contribution in [0.4, 0.5) is 0 Å². The zero-order valence-electron chi connectivity index (χ0n) is 11.4. The maximum Gasteiger partial charge on any atom is 0.255 e. The lowest BCUT2D eigenvalue weighted by Gasteiger charge is -2.33. The van der Waals surface area contributed by atoms with Gasteiger partial charge in [-0.2, -0.15) is 0 Å². The Bertz CT molecular complexity index is 641. The van der Waals surface area contributed by atoms with Crippen LogP contribution in [-0.4, -0.2) is 46.9 Å². The third kappa shape index (κ3) is 3.29. The minimum absolute atomic E-state index is 0.128. The van der Waals surface area contributed by atoms with Gasteiger partial charge in [0.25, 0.3) is 5.91 Å². The maximum atomic E-state index is 12.5. The Kier molecular flexibility index (Phi) is 4.73. The first-order chi connectivity index (χ1) is 10.1. The summed E-state index contributed by atoms with van der Waals surface area (Å²) in [6, 6.07) is 0.960. The molecule has 0 bridgehead atoms. The number of aliphatic hydroxyl groups excluding tert-OH is 1. The van der Waals surface area contributed by atoms with Crippen molar-refractivity contribution in [1.29, 1.82) is 0 Å². The average molecular weight is 306 g/mol. The SMILES string of the molecule is CCC1C(=O)NC(=O)CN1C(=O)c1csc(C#CCO)c1. The molecule has 1 fully saturated rings. The molecule has 1 aromatic heterocycles. The smallest absolute Gasteiger partial charge is 0.255 e. The summed E-state index contributed by atoms with van der Waals surface area (Å²) >= 11 is 1.27. The number of carbonyl (C=O) groups excluding carboxylic acids is 3. The van der Waals surface area contributed by atoms with Crippen LogP contribution < -0.4 is 5.32 Å². The lowest BCUT2D eigenvalue weighted by Crippen LogP contribution is -2.59. The molecule has 7 heteroatoms. The molecule has 0 radical (unpaired) electrons. The van der Waals surface area contributed by atoms with Gasteiger partial charge in [0.05, 0.1) is 10.4 Å². The molecule has 6 nitrogen and oxygen atoms in total. The van der Waals surface area contributed by atoms with Crippen molar-refractivity contribution in [2.45, 2.75) is 19.4 Å². The van der Waals surface area contributed by atoms with Crippen molar-refractivity contribution in [3.05, 3.63) is 21.9 Å². The average Bonchev–Trinajstić information content (AvgIpc) is 2.92. The molecule has 0 aliphatic carbocycles. The van der Waals surface area contributed by atoms with E-state index in [2.05, 4.69) is 17.2 Å². The molecule has 0 spiro atoms. The summed E-state index contributed by atoms with van der Waals surface area (Å²) < 4.78 is 0. The van der Waals surface area contributed by atoms with Crippen molar-refractivity contribution < 1.29 is 19.5 Å².